The number of anilines is 1. The molecule has 1 atom stereocenters. The number of halogens is 1. The molecule has 6 heteroatoms. The van der Waals surface area contributed by atoms with Crippen molar-refractivity contribution in [2.45, 2.75) is 56.9 Å². The molecule has 0 radical (unpaired) electrons. The average Bonchev–Trinajstić information content (AvgIpc) is 2.43. The van der Waals surface area contributed by atoms with E-state index in [1.165, 1.54) is 12.5 Å². The lowest BCUT2D eigenvalue weighted by molar-refractivity contribution is 0.303. The van der Waals surface area contributed by atoms with Crippen molar-refractivity contribution in [2.75, 3.05) is 5.73 Å². The third kappa shape index (κ3) is 3.74. The second-order valence-electron chi connectivity index (χ2n) is 5.95. The zero-order valence-corrected chi connectivity index (χ0v) is 13.3. The van der Waals surface area contributed by atoms with Gasteiger partial charge in [0.2, 0.25) is 10.0 Å². The van der Waals surface area contributed by atoms with Gasteiger partial charge in [-0.3, -0.25) is 0 Å². The van der Waals surface area contributed by atoms with E-state index >= 15 is 0 Å². The summed E-state index contributed by atoms with van der Waals surface area (Å²) in [5.74, 6) is -0.224. The average molecular weight is 314 g/mol. The van der Waals surface area contributed by atoms with Crippen LogP contribution in [0.4, 0.5) is 10.1 Å². The first-order valence-corrected chi connectivity index (χ1v) is 8.87. The second-order valence-corrected chi connectivity index (χ2v) is 7.63. The van der Waals surface area contributed by atoms with Crippen LogP contribution in [0.3, 0.4) is 0 Å². The highest BCUT2D eigenvalue weighted by Crippen LogP contribution is 2.28. The zero-order valence-electron chi connectivity index (χ0n) is 12.5. The normalized spacial score (nSPS) is 18.6. The molecule has 0 bridgehead atoms. The molecule has 21 heavy (non-hydrogen) atoms. The monoisotopic (exact) mass is 314 g/mol. The van der Waals surface area contributed by atoms with E-state index < -0.39 is 15.8 Å². The van der Waals surface area contributed by atoms with Crippen LogP contribution in [0.5, 0.6) is 0 Å². The molecule has 1 aromatic carbocycles. The van der Waals surface area contributed by atoms with E-state index in [1.54, 1.807) is 6.92 Å². The number of nitrogens with two attached hydrogens (primary N) is 1. The van der Waals surface area contributed by atoms with Crippen molar-refractivity contribution in [1.82, 2.24) is 4.72 Å². The van der Waals surface area contributed by atoms with Crippen LogP contribution in [-0.2, 0) is 10.0 Å². The van der Waals surface area contributed by atoms with Gasteiger partial charge in [-0.15, -0.1) is 0 Å². The summed E-state index contributed by atoms with van der Waals surface area (Å²) < 4.78 is 41.0. The van der Waals surface area contributed by atoms with E-state index in [1.807, 2.05) is 6.92 Å². The van der Waals surface area contributed by atoms with Crippen LogP contribution in [-0.4, -0.2) is 14.5 Å². The van der Waals surface area contributed by atoms with Gasteiger partial charge in [0.05, 0.1) is 10.6 Å². The SMILES string of the molecule is Cc1cc(F)c(N)cc1S(=O)(=O)NC(C)C1CCCCC1. The molecule has 1 fully saturated rings. The summed E-state index contributed by atoms with van der Waals surface area (Å²) in [7, 11) is -3.68. The van der Waals surface area contributed by atoms with Gasteiger partial charge in [0.15, 0.2) is 0 Å². The quantitative estimate of drug-likeness (QED) is 0.839. The van der Waals surface area contributed by atoms with Crippen LogP contribution in [0.2, 0.25) is 0 Å². The Morgan fingerprint density at radius 1 is 1.29 bits per heavy atom. The highest BCUT2D eigenvalue weighted by Gasteiger charge is 2.26. The molecule has 1 unspecified atom stereocenters. The molecular formula is C15H23FN2O2S. The molecule has 0 saturated heterocycles. The van der Waals surface area contributed by atoms with Gasteiger partial charge >= 0.3 is 0 Å². The van der Waals surface area contributed by atoms with E-state index in [0.717, 1.165) is 31.7 Å². The summed E-state index contributed by atoms with van der Waals surface area (Å²) in [6.07, 6.45) is 5.63. The molecule has 1 aliphatic rings. The summed E-state index contributed by atoms with van der Waals surface area (Å²) in [4.78, 5) is 0.0593. The molecule has 2 rings (SSSR count). The number of hydrogen-bond acceptors (Lipinski definition) is 3. The molecule has 0 aromatic heterocycles. The molecule has 0 heterocycles. The Labute approximate surface area is 126 Å². The van der Waals surface area contributed by atoms with Crippen LogP contribution < -0.4 is 10.5 Å². The van der Waals surface area contributed by atoms with E-state index in [9.17, 15) is 12.8 Å². The maximum absolute atomic E-state index is 13.4. The molecule has 1 aliphatic carbocycles. The van der Waals surface area contributed by atoms with Gasteiger partial charge in [0.25, 0.3) is 0 Å². The third-order valence-corrected chi connectivity index (χ3v) is 5.98. The maximum Gasteiger partial charge on any atom is 0.241 e. The van der Waals surface area contributed by atoms with Crippen molar-refractivity contribution in [2.24, 2.45) is 5.92 Å². The number of hydrogen-bond donors (Lipinski definition) is 2. The van der Waals surface area contributed by atoms with Crippen molar-refractivity contribution in [3.63, 3.8) is 0 Å². The molecular weight excluding hydrogens is 291 g/mol. The number of aryl methyl sites for hydroxylation is 1. The van der Waals surface area contributed by atoms with E-state index in [-0.39, 0.29) is 16.6 Å². The lowest BCUT2D eigenvalue weighted by Crippen LogP contribution is -2.39. The number of benzene rings is 1. The fourth-order valence-corrected chi connectivity index (χ4v) is 4.57. The van der Waals surface area contributed by atoms with Crippen LogP contribution in [0.25, 0.3) is 0 Å². The fraction of sp³-hybridized carbons (Fsp3) is 0.600. The Balaban J connectivity index is 2.20. The van der Waals surface area contributed by atoms with Gasteiger partial charge in [0.1, 0.15) is 5.82 Å². The minimum absolute atomic E-state index is 0.0593. The predicted molar refractivity (Wildman–Crippen MR) is 81.9 cm³/mol. The van der Waals surface area contributed by atoms with Crippen molar-refractivity contribution >= 4 is 15.7 Å². The van der Waals surface area contributed by atoms with Crippen molar-refractivity contribution < 1.29 is 12.8 Å². The second kappa shape index (κ2) is 6.32. The van der Waals surface area contributed by atoms with E-state index in [0.29, 0.717) is 11.5 Å². The standard InChI is InChI=1S/C15H23FN2O2S/c1-10-8-13(16)14(17)9-15(10)21(19,20)18-11(2)12-6-4-3-5-7-12/h8-9,11-12,18H,3-7,17H2,1-2H3. The van der Waals surface area contributed by atoms with Crippen LogP contribution in [0.15, 0.2) is 17.0 Å². The number of nitrogens with one attached hydrogen (secondary N) is 1. The molecule has 3 N–H and O–H groups in total. The van der Waals surface area contributed by atoms with Gasteiger partial charge in [-0.1, -0.05) is 19.3 Å². The van der Waals surface area contributed by atoms with Gasteiger partial charge in [0, 0.05) is 6.04 Å². The topological polar surface area (TPSA) is 72.2 Å². The van der Waals surface area contributed by atoms with Crippen molar-refractivity contribution in [3.05, 3.63) is 23.5 Å². The molecule has 0 amide bonds. The van der Waals surface area contributed by atoms with E-state index in [4.69, 9.17) is 5.73 Å². The molecule has 1 saturated carbocycles. The Hall–Kier alpha value is -1.14. The molecule has 0 spiro atoms. The number of sulfonamides is 1. The summed E-state index contributed by atoms with van der Waals surface area (Å²) in [5.41, 5.74) is 5.71. The van der Waals surface area contributed by atoms with Crippen LogP contribution in [0, 0.1) is 18.7 Å². The smallest absolute Gasteiger partial charge is 0.241 e. The maximum atomic E-state index is 13.4. The summed E-state index contributed by atoms with van der Waals surface area (Å²) in [6, 6.07) is 2.23. The highest BCUT2D eigenvalue weighted by atomic mass is 32.2. The highest BCUT2D eigenvalue weighted by molar-refractivity contribution is 7.89. The van der Waals surface area contributed by atoms with Gasteiger partial charge in [-0.25, -0.2) is 17.5 Å². The Bertz CT molecular complexity index is 610. The first kappa shape index (κ1) is 16.2. The number of nitrogen functional groups attached to an aromatic ring is 1. The summed E-state index contributed by atoms with van der Waals surface area (Å²) in [6.45, 7) is 3.47. The predicted octanol–water partition coefficient (Wildman–Crippen LogP) is 2.96. The molecule has 4 nitrogen and oxygen atoms in total. The summed E-state index contributed by atoms with van der Waals surface area (Å²) >= 11 is 0. The third-order valence-electron chi connectivity index (χ3n) is 4.28. The lowest BCUT2D eigenvalue weighted by Gasteiger charge is -2.28. The first-order valence-electron chi connectivity index (χ1n) is 7.39. The minimum Gasteiger partial charge on any atom is -0.396 e. The van der Waals surface area contributed by atoms with Crippen molar-refractivity contribution in [3.8, 4) is 0 Å². The van der Waals surface area contributed by atoms with Crippen LogP contribution in [0.1, 0.15) is 44.6 Å². The van der Waals surface area contributed by atoms with Gasteiger partial charge in [-0.05, 0) is 50.3 Å². The summed E-state index contributed by atoms with van der Waals surface area (Å²) in [5, 5.41) is 0. The molecule has 0 aliphatic heterocycles. The molecule has 1 aromatic rings. The number of rotatable bonds is 4. The minimum atomic E-state index is -3.68. The first-order chi connectivity index (χ1) is 9.81. The van der Waals surface area contributed by atoms with Crippen LogP contribution >= 0.6 is 0 Å². The van der Waals surface area contributed by atoms with E-state index in [2.05, 4.69) is 4.72 Å². The zero-order chi connectivity index (χ0) is 15.6. The van der Waals surface area contributed by atoms with Gasteiger partial charge < -0.3 is 5.73 Å². The fourth-order valence-electron chi connectivity index (χ4n) is 3.00. The Morgan fingerprint density at radius 3 is 2.52 bits per heavy atom. The van der Waals surface area contributed by atoms with Crippen molar-refractivity contribution in [1.29, 1.82) is 0 Å². The Kier molecular flexibility index (Phi) is 4.88. The van der Waals surface area contributed by atoms with Gasteiger partial charge in [-0.2, -0.15) is 0 Å². The Morgan fingerprint density at radius 2 is 1.90 bits per heavy atom. The lowest BCUT2D eigenvalue weighted by atomic mass is 9.85. The largest absolute Gasteiger partial charge is 0.396 e. The molecule has 118 valence electrons.